The summed E-state index contributed by atoms with van der Waals surface area (Å²) in [6.45, 7) is 2.24. The maximum absolute atomic E-state index is 13.7. The second-order valence-electron chi connectivity index (χ2n) is 9.03. The molecule has 1 saturated heterocycles. The highest BCUT2D eigenvalue weighted by Gasteiger charge is 2.33. The predicted molar refractivity (Wildman–Crippen MR) is 166 cm³/mol. The fraction of sp³-hybridized carbons (Fsp3) is 0.194. The highest BCUT2D eigenvalue weighted by Crippen LogP contribution is 2.39. The Hall–Kier alpha value is -4.02. The summed E-state index contributed by atoms with van der Waals surface area (Å²) in [6, 6.07) is 21.2. The van der Waals surface area contributed by atoms with Gasteiger partial charge < -0.3 is 19.2 Å². The normalized spacial score (nSPS) is 15.2. The number of methoxy groups -OCH3 is 1. The van der Waals surface area contributed by atoms with Gasteiger partial charge in [0.15, 0.2) is 23.3 Å². The van der Waals surface area contributed by atoms with Gasteiger partial charge >= 0.3 is 5.97 Å². The molecule has 0 aliphatic carbocycles. The third-order valence-corrected chi connectivity index (χ3v) is 8.06. The number of amides is 1. The van der Waals surface area contributed by atoms with Gasteiger partial charge in [0.25, 0.3) is 5.91 Å². The third-order valence-electron chi connectivity index (χ3n) is 6.37. The maximum Gasteiger partial charge on any atom is 0.344 e. The average molecular weight is 635 g/mol. The summed E-state index contributed by atoms with van der Waals surface area (Å²) in [5, 5.41) is 1.76. The van der Waals surface area contributed by atoms with Gasteiger partial charge in [0.1, 0.15) is 0 Å². The number of para-hydroxylation sites is 2. The van der Waals surface area contributed by atoms with Crippen LogP contribution in [0.4, 0.5) is 5.69 Å². The Morgan fingerprint density at radius 3 is 2.66 bits per heavy atom. The molecule has 0 radical (unpaired) electrons. The van der Waals surface area contributed by atoms with E-state index in [4.69, 9.17) is 19.2 Å². The summed E-state index contributed by atoms with van der Waals surface area (Å²) in [7, 11) is 1.52. The van der Waals surface area contributed by atoms with Crippen LogP contribution in [0, 0.1) is 0 Å². The molecular formula is C31H28BrN3O5S. The molecule has 1 amide bonds. The molecule has 1 N–H and O–H groups in total. The number of hydrogen-bond donors (Lipinski definition) is 1. The number of rotatable bonds is 10. The molecule has 0 spiro atoms. The van der Waals surface area contributed by atoms with E-state index in [1.807, 2.05) is 54.7 Å². The largest absolute Gasteiger partial charge is 0.493 e. The number of nitrogens with zero attached hydrogens (tertiary/aromatic N) is 2. The lowest BCUT2D eigenvalue weighted by Gasteiger charge is -2.15. The second kappa shape index (κ2) is 13.1. The van der Waals surface area contributed by atoms with Crippen molar-refractivity contribution in [3.05, 3.63) is 93.4 Å². The van der Waals surface area contributed by atoms with E-state index in [0.717, 1.165) is 27.7 Å². The van der Waals surface area contributed by atoms with Crippen molar-refractivity contribution in [3.8, 4) is 11.5 Å². The molecule has 1 aliphatic heterocycles. The summed E-state index contributed by atoms with van der Waals surface area (Å²) in [5.74, 6) is 0.210. The van der Waals surface area contributed by atoms with E-state index in [-0.39, 0.29) is 19.1 Å². The molecule has 1 aliphatic rings. The van der Waals surface area contributed by atoms with Gasteiger partial charge in [0.2, 0.25) is 0 Å². The Labute approximate surface area is 250 Å². The molecule has 1 fully saturated rings. The lowest BCUT2D eigenvalue weighted by atomic mass is 10.1. The number of amidine groups is 1. The van der Waals surface area contributed by atoms with Gasteiger partial charge in [-0.2, -0.15) is 0 Å². The van der Waals surface area contributed by atoms with Crippen LogP contribution in [0.15, 0.2) is 87.3 Å². The minimum atomic E-state index is -0.470. The summed E-state index contributed by atoms with van der Waals surface area (Å²) in [6.07, 6.45) is 4.47. The number of benzene rings is 3. The van der Waals surface area contributed by atoms with Crippen LogP contribution >= 0.6 is 27.7 Å². The topological polar surface area (TPSA) is 93.2 Å². The Bertz CT molecular complexity index is 1630. The monoisotopic (exact) mass is 633 g/mol. The van der Waals surface area contributed by atoms with Crippen molar-refractivity contribution in [2.24, 2.45) is 4.99 Å². The zero-order chi connectivity index (χ0) is 28.8. The van der Waals surface area contributed by atoms with Gasteiger partial charge in [-0.25, -0.2) is 9.79 Å². The summed E-state index contributed by atoms with van der Waals surface area (Å²) in [5.41, 5.74) is 3.70. The van der Waals surface area contributed by atoms with Crippen molar-refractivity contribution in [2.45, 2.75) is 13.3 Å². The van der Waals surface area contributed by atoms with E-state index in [1.54, 1.807) is 30.0 Å². The molecule has 0 bridgehead atoms. The number of H-pyrrole nitrogens is 1. The van der Waals surface area contributed by atoms with Crippen LogP contribution in [0.3, 0.4) is 0 Å². The molecule has 5 rings (SSSR count). The Kier molecular flexibility index (Phi) is 9.11. The molecule has 10 heteroatoms. The van der Waals surface area contributed by atoms with E-state index >= 15 is 0 Å². The Morgan fingerprint density at radius 2 is 1.88 bits per heavy atom. The van der Waals surface area contributed by atoms with Gasteiger partial charge in [-0.05, 0) is 72.6 Å². The van der Waals surface area contributed by atoms with E-state index in [9.17, 15) is 9.59 Å². The van der Waals surface area contributed by atoms with Crippen LogP contribution in [0.5, 0.6) is 11.5 Å². The van der Waals surface area contributed by atoms with Gasteiger partial charge in [0.05, 0.1) is 24.3 Å². The van der Waals surface area contributed by atoms with Crippen molar-refractivity contribution < 1.29 is 23.8 Å². The average Bonchev–Trinajstić information content (AvgIpc) is 3.52. The van der Waals surface area contributed by atoms with Crippen molar-refractivity contribution in [2.75, 3.05) is 26.9 Å². The first kappa shape index (κ1) is 28.5. The number of fused-ring (bicyclic) bond motifs is 1. The smallest absolute Gasteiger partial charge is 0.344 e. The van der Waals surface area contributed by atoms with Crippen LogP contribution < -0.4 is 9.47 Å². The van der Waals surface area contributed by atoms with Crippen molar-refractivity contribution in [1.82, 2.24) is 9.88 Å². The molecule has 0 saturated carbocycles. The fourth-order valence-corrected chi connectivity index (χ4v) is 5.84. The van der Waals surface area contributed by atoms with Crippen LogP contribution in [0.25, 0.3) is 17.0 Å². The number of carbonyl (C=O) groups is 2. The fourth-order valence-electron chi connectivity index (χ4n) is 4.39. The van der Waals surface area contributed by atoms with Crippen LogP contribution in [-0.2, 0) is 20.7 Å². The SMILES string of the molecule is CCOC(=O)COc1cc(Br)c(C=C2SC(=Nc3ccccc3)N(CCc3c[nH]c4ccccc34)C2=O)cc1OC. The number of aromatic nitrogens is 1. The number of carbonyl (C=O) groups excluding carboxylic acids is 2. The first-order chi connectivity index (χ1) is 20.0. The molecule has 3 aromatic carbocycles. The van der Waals surface area contributed by atoms with Gasteiger partial charge in [-0.15, -0.1) is 0 Å². The Balaban J connectivity index is 1.42. The molecule has 0 unspecified atom stereocenters. The summed E-state index contributed by atoms with van der Waals surface area (Å²) >= 11 is 4.90. The number of ether oxygens (including phenoxy) is 3. The number of halogens is 1. The van der Waals surface area contributed by atoms with Crippen molar-refractivity contribution >= 4 is 67.4 Å². The molecule has 2 heterocycles. The molecular weight excluding hydrogens is 606 g/mol. The second-order valence-corrected chi connectivity index (χ2v) is 10.9. The van der Waals surface area contributed by atoms with E-state index in [2.05, 4.69) is 27.0 Å². The van der Waals surface area contributed by atoms with E-state index < -0.39 is 5.97 Å². The minimum Gasteiger partial charge on any atom is -0.493 e. The van der Waals surface area contributed by atoms with Crippen LogP contribution in [-0.4, -0.2) is 53.8 Å². The third kappa shape index (κ3) is 6.66. The molecule has 210 valence electrons. The van der Waals surface area contributed by atoms with Gasteiger partial charge in [-0.1, -0.05) is 52.3 Å². The maximum atomic E-state index is 13.7. The predicted octanol–water partition coefficient (Wildman–Crippen LogP) is 6.73. The van der Waals surface area contributed by atoms with E-state index in [0.29, 0.717) is 39.0 Å². The number of thioether (sulfide) groups is 1. The first-order valence-corrected chi connectivity index (χ1v) is 14.6. The molecule has 41 heavy (non-hydrogen) atoms. The van der Waals surface area contributed by atoms with Gasteiger partial charge in [-0.3, -0.25) is 9.69 Å². The minimum absolute atomic E-state index is 0.127. The summed E-state index contributed by atoms with van der Waals surface area (Å²) < 4.78 is 16.7. The lowest BCUT2D eigenvalue weighted by Crippen LogP contribution is -2.31. The zero-order valence-electron chi connectivity index (χ0n) is 22.6. The number of aliphatic imine (C=N–C) groups is 1. The standard InChI is InChI=1S/C31H28BrN3O5S/c1-3-39-29(36)19-40-27-17-24(32)21(15-26(27)38-2)16-28-30(37)35(31(41-28)34-22-9-5-4-6-10-22)14-13-20-18-33-25-12-8-7-11-23(20)25/h4-12,15-18,33H,3,13-14,19H2,1-2H3. The van der Waals surface area contributed by atoms with Gasteiger partial charge in [0, 0.05) is 28.1 Å². The first-order valence-electron chi connectivity index (χ1n) is 13.0. The lowest BCUT2D eigenvalue weighted by molar-refractivity contribution is -0.145. The Morgan fingerprint density at radius 1 is 1.10 bits per heavy atom. The highest BCUT2D eigenvalue weighted by atomic mass is 79.9. The van der Waals surface area contributed by atoms with Crippen molar-refractivity contribution in [3.63, 3.8) is 0 Å². The molecule has 4 aromatic rings. The number of aromatic amines is 1. The number of nitrogens with one attached hydrogen (secondary N) is 1. The highest BCUT2D eigenvalue weighted by molar-refractivity contribution is 9.10. The quantitative estimate of drug-likeness (QED) is 0.154. The zero-order valence-corrected chi connectivity index (χ0v) is 25.0. The number of esters is 1. The van der Waals surface area contributed by atoms with Crippen LogP contribution in [0.1, 0.15) is 18.1 Å². The number of hydrogen-bond acceptors (Lipinski definition) is 7. The van der Waals surface area contributed by atoms with Crippen molar-refractivity contribution in [1.29, 1.82) is 0 Å². The molecule has 0 atom stereocenters. The molecule has 8 nitrogen and oxygen atoms in total. The molecule has 1 aromatic heterocycles. The van der Waals surface area contributed by atoms with E-state index in [1.165, 1.54) is 18.9 Å². The van der Waals surface area contributed by atoms with Crippen LogP contribution in [0.2, 0.25) is 0 Å². The summed E-state index contributed by atoms with van der Waals surface area (Å²) in [4.78, 5) is 35.9.